The van der Waals surface area contributed by atoms with Crippen LogP contribution in [0, 0.1) is 5.82 Å². The fourth-order valence-electron chi connectivity index (χ4n) is 3.52. The summed E-state index contributed by atoms with van der Waals surface area (Å²) in [5, 5.41) is 0. The molecular formula is C27H19FN4. The molecule has 0 aliphatic rings. The molecule has 5 aromatic rings. The van der Waals surface area contributed by atoms with Gasteiger partial charge in [0.2, 0.25) is 0 Å². The summed E-state index contributed by atoms with van der Waals surface area (Å²) in [7, 11) is 0. The van der Waals surface area contributed by atoms with Crippen LogP contribution in [0.15, 0.2) is 103 Å². The predicted molar refractivity (Wildman–Crippen MR) is 123 cm³/mol. The van der Waals surface area contributed by atoms with E-state index >= 15 is 4.39 Å². The standard InChI is InChI=1S/C27H19FN4/c28-24-17-19(16-20-8-7-15-29-18-20)13-14-23(24)27-31-25(21-9-3-1-4-10-21)30-26(32-27)22-11-5-2-6-12-22/h1-15,17-18H,16H2. The fraction of sp³-hybridized carbons (Fsp3) is 0.0370. The van der Waals surface area contributed by atoms with Crippen LogP contribution in [0.2, 0.25) is 0 Å². The van der Waals surface area contributed by atoms with Crippen molar-refractivity contribution in [3.63, 3.8) is 0 Å². The Labute approximate surface area is 185 Å². The van der Waals surface area contributed by atoms with Gasteiger partial charge >= 0.3 is 0 Å². The van der Waals surface area contributed by atoms with Crippen LogP contribution in [0.5, 0.6) is 0 Å². The lowest BCUT2D eigenvalue weighted by molar-refractivity contribution is 0.628. The first-order chi connectivity index (χ1) is 15.8. The van der Waals surface area contributed by atoms with E-state index in [9.17, 15) is 0 Å². The van der Waals surface area contributed by atoms with Gasteiger partial charge < -0.3 is 0 Å². The van der Waals surface area contributed by atoms with E-state index < -0.39 is 0 Å². The molecule has 0 fully saturated rings. The van der Waals surface area contributed by atoms with Gasteiger partial charge in [-0.25, -0.2) is 19.3 Å². The zero-order valence-electron chi connectivity index (χ0n) is 17.2. The molecule has 0 aliphatic carbocycles. The van der Waals surface area contributed by atoms with E-state index in [1.807, 2.05) is 78.9 Å². The monoisotopic (exact) mass is 418 g/mol. The van der Waals surface area contributed by atoms with Crippen molar-refractivity contribution in [3.05, 3.63) is 120 Å². The number of benzene rings is 3. The first-order valence-corrected chi connectivity index (χ1v) is 10.3. The largest absolute Gasteiger partial charge is 0.264 e. The van der Waals surface area contributed by atoms with Gasteiger partial charge in [-0.05, 0) is 35.7 Å². The molecule has 5 heteroatoms. The van der Waals surface area contributed by atoms with E-state index in [-0.39, 0.29) is 5.82 Å². The fourth-order valence-corrected chi connectivity index (χ4v) is 3.52. The zero-order valence-corrected chi connectivity index (χ0v) is 17.2. The maximum Gasteiger partial charge on any atom is 0.167 e. The Kier molecular flexibility index (Phi) is 5.45. The van der Waals surface area contributed by atoms with Crippen molar-refractivity contribution < 1.29 is 4.39 Å². The lowest BCUT2D eigenvalue weighted by Gasteiger charge is -2.10. The molecule has 0 saturated carbocycles. The van der Waals surface area contributed by atoms with Crippen LogP contribution in [0.25, 0.3) is 34.2 Å². The third-order valence-electron chi connectivity index (χ3n) is 5.10. The van der Waals surface area contributed by atoms with E-state index in [1.54, 1.807) is 18.5 Å². The minimum absolute atomic E-state index is 0.308. The van der Waals surface area contributed by atoms with Crippen molar-refractivity contribution >= 4 is 0 Å². The van der Waals surface area contributed by atoms with E-state index in [0.717, 1.165) is 22.3 Å². The normalized spacial score (nSPS) is 10.8. The quantitative estimate of drug-likeness (QED) is 0.351. The van der Waals surface area contributed by atoms with Crippen LogP contribution >= 0.6 is 0 Å². The van der Waals surface area contributed by atoms with E-state index in [0.29, 0.717) is 29.5 Å². The summed E-state index contributed by atoms with van der Waals surface area (Å²) >= 11 is 0. The second kappa shape index (κ2) is 8.86. The lowest BCUT2D eigenvalue weighted by Crippen LogP contribution is -2.01. The molecular weight excluding hydrogens is 399 g/mol. The highest BCUT2D eigenvalue weighted by molar-refractivity contribution is 5.66. The van der Waals surface area contributed by atoms with Crippen LogP contribution in [0.4, 0.5) is 4.39 Å². The maximum atomic E-state index is 15.2. The SMILES string of the molecule is Fc1cc(Cc2cccnc2)ccc1-c1nc(-c2ccccc2)nc(-c2ccccc2)n1. The minimum Gasteiger partial charge on any atom is -0.264 e. The summed E-state index contributed by atoms with van der Waals surface area (Å²) in [5.41, 5.74) is 3.93. The maximum absolute atomic E-state index is 15.2. The van der Waals surface area contributed by atoms with Crippen molar-refractivity contribution in [2.75, 3.05) is 0 Å². The molecule has 0 bridgehead atoms. The summed E-state index contributed by atoms with van der Waals surface area (Å²) in [5.74, 6) is 0.959. The lowest BCUT2D eigenvalue weighted by atomic mass is 10.0. The second-order valence-electron chi connectivity index (χ2n) is 7.39. The first kappa shape index (κ1) is 19.7. The molecule has 0 atom stereocenters. The Morgan fingerprint density at radius 3 is 1.78 bits per heavy atom. The summed E-state index contributed by atoms with van der Waals surface area (Å²) in [6.07, 6.45) is 4.12. The highest BCUT2D eigenvalue weighted by Crippen LogP contribution is 2.27. The zero-order chi connectivity index (χ0) is 21.8. The molecule has 0 amide bonds. The number of pyridine rings is 1. The van der Waals surface area contributed by atoms with Gasteiger partial charge in [-0.15, -0.1) is 0 Å². The molecule has 3 aromatic carbocycles. The molecule has 2 aromatic heterocycles. The van der Waals surface area contributed by atoms with E-state index in [4.69, 9.17) is 0 Å². The summed E-state index contributed by atoms with van der Waals surface area (Å²) in [4.78, 5) is 18.0. The number of nitrogens with zero attached hydrogens (tertiary/aromatic N) is 4. The number of hydrogen-bond acceptors (Lipinski definition) is 4. The van der Waals surface area contributed by atoms with Crippen LogP contribution in [0.1, 0.15) is 11.1 Å². The minimum atomic E-state index is -0.365. The molecule has 0 N–H and O–H groups in total. The number of aromatic nitrogens is 4. The van der Waals surface area contributed by atoms with E-state index in [2.05, 4.69) is 19.9 Å². The molecule has 0 unspecified atom stereocenters. The highest BCUT2D eigenvalue weighted by Gasteiger charge is 2.15. The van der Waals surface area contributed by atoms with Gasteiger partial charge in [0.05, 0.1) is 5.56 Å². The van der Waals surface area contributed by atoms with Gasteiger partial charge in [-0.1, -0.05) is 72.8 Å². The van der Waals surface area contributed by atoms with Gasteiger partial charge in [-0.2, -0.15) is 0 Å². The average Bonchev–Trinajstić information content (AvgIpc) is 2.85. The molecule has 5 rings (SSSR count). The van der Waals surface area contributed by atoms with E-state index in [1.165, 1.54) is 6.07 Å². The third-order valence-corrected chi connectivity index (χ3v) is 5.10. The smallest absolute Gasteiger partial charge is 0.167 e. The average molecular weight is 418 g/mol. The Balaban J connectivity index is 1.58. The van der Waals surface area contributed by atoms with Gasteiger partial charge in [0.1, 0.15) is 5.82 Å². The molecule has 4 nitrogen and oxygen atoms in total. The molecule has 0 radical (unpaired) electrons. The first-order valence-electron chi connectivity index (χ1n) is 10.3. The molecule has 0 aliphatic heterocycles. The molecule has 0 saturated heterocycles. The van der Waals surface area contributed by atoms with Crippen molar-refractivity contribution in [2.45, 2.75) is 6.42 Å². The van der Waals surface area contributed by atoms with Crippen LogP contribution in [-0.4, -0.2) is 19.9 Å². The van der Waals surface area contributed by atoms with Gasteiger partial charge in [0.25, 0.3) is 0 Å². The van der Waals surface area contributed by atoms with Crippen LogP contribution < -0.4 is 0 Å². The number of hydrogen-bond donors (Lipinski definition) is 0. The van der Waals surface area contributed by atoms with Crippen molar-refractivity contribution in [1.29, 1.82) is 0 Å². The van der Waals surface area contributed by atoms with Crippen LogP contribution in [-0.2, 0) is 6.42 Å². The Hall–Kier alpha value is -4.25. The Morgan fingerprint density at radius 1 is 0.594 bits per heavy atom. The second-order valence-corrected chi connectivity index (χ2v) is 7.39. The molecule has 2 heterocycles. The topological polar surface area (TPSA) is 51.6 Å². The van der Waals surface area contributed by atoms with Gasteiger partial charge in [0, 0.05) is 23.5 Å². The summed E-state index contributed by atoms with van der Waals surface area (Å²) < 4.78 is 15.2. The Morgan fingerprint density at radius 2 is 1.22 bits per heavy atom. The Bertz CT molecular complexity index is 1280. The molecule has 0 spiro atoms. The molecule has 154 valence electrons. The molecule has 32 heavy (non-hydrogen) atoms. The van der Waals surface area contributed by atoms with Gasteiger partial charge in [0.15, 0.2) is 17.5 Å². The van der Waals surface area contributed by atoms with Crippen LogP contribution in [0.3, 0.4) is 0 Å². The number of rotatable bonds is 5. The summed E-state index contributed by atoms with van der Waals surface area (Å²) in [6, 6.07) is 28.3. The highest BCUT2D eigenvalue weighted by atomic mass is 19.1. The van der Waals surface area contributed by atoms with Crippen molar-refractivity contribution in [3.8, 4) is 34.2 Å². The van der Waals surface area contributed by atoms with Crippen molar-refractivity contribution in [1.82, 2.24) is 19.9 Å². The predicted octanol–water partition coefficient (Wildman–Crippen LogP) is 6.00. The summed E-state index contributed by atoms with van der Waals surface area (Å²) in [6.45, 7) is 0. The van der Waals surface area contributed by atoms with Crippen molar-refractivity contribution in [2.24, 2.45) is 0 Å². The van der Waals surface area contributed by atoms with Gasteiger partial charge in [-0.3, -0.25) is 4.98 Å². The third kappa shape index (κ3) is 4.27. The number of halogens is 1.